The molecule has 3 rings (SSSR count). The number of nitrogens with zero attached hydrogens (tertiary/aromatic N) is 1. The molecule has 3 heteroatoms. The van der Waals surface area contributed by atoms with Crippen molar-refractivity contribution >= 4 is 11.6 Å². The summed E-state index contributed by atoms with van der Waals surface area (Å²) in [4.78, 5) is 2.48. The molecule has 1 aliphatic rings. The molecule has 122 valence electrons. The second-order valence-corrected chi connectivity index (χ2v) is 7.31. The Morgan fingerprint density at radius 3 is 2.70 bits per heavy atom. The molecule has 0 spiro atoms. The molecule has 1 aliphatic heterocycles. The van der Waals surface area contributed by atoms with Crippen LogP contribution in [-0.2, 0) is 6.54 Å². The number of halogens is 1. The predicted molar refractivity (Wildman–Crippen MR) is 98.0 cm³/mol. The van der Waals surface area contributed by atoms with Gasteiger partial charge in [0.15, 0.2) is 0 Å². The lowest BCUT2D eigenvalue weighted by atomic mass is 9.88. The monoisotopic (exact) mass is 328 g/mol. The molecule has 2 nitrogen and oxygen atoms in total. The number of hydrogen-bond acceptors (Lipinski definition) is 2. The van der Waals surface area contributed by atoms with Gasteiger partial charge in [0.05, 0.1) is 0 Å². The molecule has 0 radical (unpaired) electrons. The van der Waals surface area contributed by atoms with Gasteiger partial charge < -0.3 is 5.73 Å². The van der Waals surface area contributed by atoms with Crippen molar-refractivity contribution in [2.24, 2.45) is 5.73 Å². The van der Waals surface area contributed by atoms with Gasteiger partial charge in [-0.2, -0.15) is 0 Å². The lowest BCUT2D eigenvalue weighted by molar-refractivity contribution is 0.181. The zero-order chi connectivity index (χ0) is 16.4. The van der Waals surface area contributed by atoms with Gasteiger partial charge in [0.1, 0.15) is 0 Å². The number of piperidine rings is 1. The maximum atomic E-state index is 6.33. The second-order valence-electron chi connectivity index (χ2n) is 6.87. The van der Waals surface area contributed by atoms with Crippen molar-refractivity contribution in [3.05, 3.63) is 69.7 Å². The van der Waals surface area contributed by atoms with Crippen LogP contribution in [0, 0.1) is 13.8 Å². The lowest BCUT2D eigenvalue weighted by Gasteiger charge is -2.37. The summed E-state index contributed by atoms with van der Waals surface area (Å²) in [6.07, 6.45) is 1.03. The van der Waals surface area contributed by atoms with E-state index in [1.54, 1.807) is 0 Å². The summed E-state index contributed by atoms with van der Waals surface area (Å²) in [6, 6.07) is 15.1. The average Bonchev–Trinajstić information content (AvgIpc) is 2.50. The maximum absolute atomic E-state index is 6.33. The Morgan fingerprint density at radius 1 is 1.13 bits per heavy atom. The fourth-order valence-electron chi connectivity index (χ4n) is 3.63. The Morgan fingerprint density at radius 2 is 1.96 bits per heavy atom. The summed E-state index contributed by atoms with van der Waals surface area (Å²) in [5.74, 6) is 0.461. The van der Waals surface area contributed by atoms with Crippen LogP contribution in [0.15, 0.2) is 42.5 Å². The van der Waals surface area contributed by atoms with Crippen LogP contribution >= 0.6 is 11.6 Å². The van der Waals surface area contributed by atoms with Crippen LogP contribution in [0.4, 0.5) is 0 Å². The van der Waals surface area contributed by atoms with E-state index in [2.05, 4.69) is 49.1 Å². The van der Waals surface area contributed by atoms with Crippen molar-refractivity contribution in [1.29, 1.82) is 0 Å². The van der Waals surface area contributed by atoms with Gasteiger partial charge in [-0.3, -0.25) is 4.90 Å². The van der Waals surface area contributed by atoms with E-state index in [1.165, 1.54) is 22.3 Å². The van der Waals surface area contributed by atoms with Gasteiger partial charge in [0, 0.05) is 30.7 Å². The first-order valence-electron chi connectivity index (χ1n) is 8.31. The number of hydrogen-bond donors (Lipinski definition) is 1. The zero-order valence-electron chi connectivity index (χ0n) is 13.9. The summed E-state index contributed by atoms with van der Waals surface area (Å²) in [6.45, 7) is 7.31. The Labute approximate surface area is 144 Å². The number of rotatable bonds is 3. The maximum Gasteiger partial charge on any atom is 0.0408 e. The van der Waals surface area contributed by atoms with E-state index < -0.39 is 0 Å². The molecule has 1 heterocycles. The molecule has 2 aromatic rings. The van der Waals surface area contributed by atoms with Gasteiger partial charge in [0.2, 0.25) is 0 Å². The first kappa shape index (κ1) is 16.5. The quantitative estimate of drug-likeness (QED) is 0.911. The Balaban J connectivity index is 1.75. The van der Waals surface area contributed by atoms with E-state index >= 15 is 0 Å². The van der Waals surface area contributed by atoms with Crippen LogP contribution in [0.3, 0.4) is 0 Å². The third-order valence-electron chi connectivity index (χ3n) is 4.77. The van der Waals surface area contributed by atoms with Crippen LogP contribution in [0.1, 0.15) is 34.6 Å². The van der Waals surface area contributed by atoms with Gasteiger partial charge in [-0.05, 0) is 55.0 Å². The van der Waals surface area contributed by atoms with Crippen molar-refractivity contribution in [3.8, 4) is 0 Å². The number of benzene rings is 2. The van der Waals surface area contributed by atoms with E-state index in [1.807, 2.05) is 12.1 Å². The molecule has 1 fully saturated rings. The average molecular weight is 329 g/mol. The van der Waals surface area contributed by atoms with Gasteiger partial charge >= 0.3 is 0 Å². The van der Waals surface area contributed by atoms with Crippen molar-refractivity contribution in [2.45, 2.75) is 38.8 Å². The van der Waals surface area contributed by atoms with Crippen molar-refractivity contribution < 1.29 is 0 Å². The molecule has 0 amide bonds. The smallest absolute Gasteiger partial charge is 0.0408 e. The molecule has 0 aliphatic carbocycles. The molecule has 2 atom stereocenters. The highest BCUT2D eigenvalue weighted by Gasteiger charge is 2.26. The highest BCUT2D eigenvalue weighted by molar-refractivity contribution is 6.30. The van der Waals surface area contributed by atoms with E-state index in [4.69, 9.17) is 17.3 Å². The molecular formula is C20H25ClN2. The standard InChI is InChI=1S/C20H25ClN2/c1-14-6-7-17(15(2)8-14)11-23-12-18(10-20(22)13-23)16-4-3-5-19(21)9-16/h3-9,18,20H,10-13,22H2,1-2H3. The molecule has 0 aromatic heterocycles. The zero-order valence-corrected chi connectivity index (χ0v) is 14.7. The highest BCUT2D eigenvalue weighted by atomic mass is 35.5. The molecular weight excluding hydrogens is 304 g/mol. The largest absolute Gasteiger partial charge is 0.327 e. The third kappa shape index (κ3) is 4.14. The third-order valence-corrected chi connectivity index (χ3v) is 5.01. The summed E-state index contributed by atoms with van der Waals surface area (Å²) in [5.41, 5.74) is 11.7. The Bertz CT molecular complexity index is 683. The van der Waals surface area contributed by atoms with Crippen molar-refractivity contribution in [2.75, 3.05) is 13.1 Å². The van der Waals surface area contributed by atoms with Crippen LogP contribution in [-0.4, -0.2) is 24.0 Å². The van der Waals surface area contributed by atoms with Gasteiger partial charge in [-0.25, -0.2) is 0 Å². The van der Waals surface area contributed by atoms with E-state index in [9.17, 15) is 0 Å². The van der Waals surface area contributed by atoms with E-state index in [-0.39, 0.29) is 6.04 Å². The fourth-order valence-corrected chi connectivity index (χ4v) is 3.83. The minimum absolute atomic E-state index is 0.221. The van der Waals surface area contributed by atoms with E-state index in [0.29, 0.717) is 5.92 Å². The number of nitrogens with two attached hydrogens (primary N) is 1. The minimum atomic E-state index is 0.221. The van der Waals surface area contributed by atoms with Crippen LogP contribution in [0.5, 0.6) is 0 Å². The van der Waals surface area contributed by atoms with E-state index in [0.717, 1.165) is 31.1 Å². The van der Waals surface area contributed by atoms with Crippen LogP contribution in [0.25, 0.3) is 0 Å². The first-order valence-corrected chi connectivity index (χ1v) is 8.68. The SMILES string of the molecule is Cc1ccc(CN2CC(N)CC(c3cccc(Cl)c3)C2)c(C)c1. The molecule has 0 saturated carbocycles. The molecule has 2 N–H and O–H groups in total. The number of likely N-dealkylation sites (tertiary alicyclic amines) is 1. The fraction of sp³-hybridized carbons (Fsp3) is 0.400. The van der Waals surface area contributed by atoms with Crippen molar-refractivity contribution in [1.82, 2.24) is 4.90 Å². The van der Waals surface area contributed by atoms with Gasteiger partial charge in [0.25, 0.3) is 0 Å². The lowest BCUT2D eigenvalue weighted by Crippen LogP contribution is -2.45. The molecule has 23 heavy (non-hydrogen) atoms. The number of aryl methyl sites for hydroxylation is 2. The summed E-state index contributed by atoms with van der Waals surface area (Å²) < 4.78 is 0. The Kier molecular flexibility index (Phi) is 5.05. The molecule has 0 bridgehead atoms. The second kappa shape index (κ2) is 7.04. The van der Waals surface area contributed by atoms with Gasteiger partial charge in [-0.15, -0.1) is 0 Å². The summed E-state index contributed by atoms with van der Waals surface area (Å²) in [5, 5.41) is 0.808. The van der Waals surface area contributed by atoms with Crippen molar-refractivity contribution in [3.63, 3.8) is 0 Å². The van der Waals surface area contributed by atoms with Crippen LogP contribution < -0.4 is 5.73 Å². The van der Waals surface area contributed by atoms with Gasteiger partial charge in [-0.1, -0.05) is 47.5 Å². The topological polar surface area (TPSA) is 29.3 Å². The highest BCUT2D eigenvalue weighted by Crippen LogP contribution is 2.29. The van der Waals surface area contributed by atoms with Crippen LogP contribution in [0.2, 0.25) is 5.02 Å². The first-order chi connectivity index (χ1) is 11.0. The summed E-state index contributed by atoms with van der Waals surface area (Å²) >= 11 is 6.16. The minimum Gasteiger partial charge on any atom is -0.327 e. The molecule has 2 aromatic carbocycles. The Hall–Kier alpha value is -1.35. The molecule has 2 unspecified atom stereocenters. The summed E-state index contributed by atoms with van der Waals surface area (Å²) in [7, 11) is 0. The normalized spacial score (nSPS) is 22.3. The predicted octanol–water partition coefficient (Wildman–Crippen LogP) is 4.27. The molecule has 1 saturated heterocycles.